The SMILES string of the molecule is I[C](I)C(I)(I)C(I)(I)C(I)(I)[C](I)I. The van der Waals surface area contributed by atoms with Crippen molar-refractivity contribution in [2.75, 3.05) is 0 Å². The van der Waals surface area contributed by atoms with Gasteiger partial charge in [0.15, 0.2) is 0 Å². The number of hydrogen-bond acceptors (Lipinski definition) is 0. The minimum Gasteiger partial charge on any atom is -0.0623 e. The maximum atomic E-state index is 2.59. The van der Waals surface area contributed by atoms with Crippen molar-refractivity contribution in [2.45, 2.75) is 4.29 Å². The van der Waals surface area contributed by atoms with E-state index in [1.165, 1.54) is 3.86 Å². The second-order valence-electron chi connectivity index (χ2n) is 2.24. The van der Waals surface area contributed by atoms with Crippen molar-refractivity contribution in [1.82, 2.24) is 0 Å². The molecule has 0 rings (SSSR count). The summed E-state index contributed by atoms with van der Waals surface area (Å²) in [4.78, 5) is 0. The fourth-order valence-electron chi connectivity index (χ4n) is 0.435. The molecule has 0 saturated heterocycles. The molecule has 2 radical (unpaired) electrons. The first kappa shape index (κ1) is 22.3. The fourth-order valence-corrected chi connectivity index (χ4v) is 10.9. The van der Waals surface area contributed by atoms with E-state index in [4.69, 9.17) is 0 Å². The van der Waals surface area contributed by atoms with E-state index < -0.39 is 0 Å². The Labute approximate surface area is 227 Å². The van der Waals surface area contributed by atoms with E-state index in [2.05, 4.69) is 226 Å². The lowest BCUT2D eigenvalue weighted by Crippen LogP contribution is -2.49. The third kappa shape index (κ3) is 5.70. The minimum atomic E-state index is 0.118. The topological polar surface area (TPSA) is 0 Å². The largest absolute Gasteiger partial charge is 0.125 e. The molecule has 0 unspecified atom stereocenters. The first-order valence-corrected chi connectivity index (χ1v) is 13.7. The number of rotatable bonds is 4. The minimum absolute atomic E-state index is 0.118. The van der Waals surface area contributed by atoms with Gasteiger partial charge in [0.2, 0.25) is 0 Å². The van der Waals surface area contributed by atoms with Gasteiger partial charge < -0.3 is 0 Å². The zero-order chi connectivity index (χ0) is 12.7. The van der Waals surface area contributed by atoms with Crippen molar-refractivity contribution >= 4 is 226 Å². The molecule has 0 fully saturated rings. The van der Waals surface area contributed by atoms with E-state index in [1.54, 1.807) is 0 Å². The summed E-state index contributed by atoms with van der Waals surface area (Å²) >= 11 is 25.1. The van der Waals surface area contributed by atoms with Crippen LogP contribution in [0.3, 0.4) is 0 Å². The van der Waals surface area contributed by atoms with Gasteiger partial charge in [-0.1, -0.05) is 226 Å². The first-order chi connectivity index (χ1) is 6.39. The Balaban J connectivity index is 5.30. The molecule has 0 atom stereocenters. The van der Waals surface area contributed by atoms with Crippen LogP contribution in [0.15, 0.2) is 0 Å². The summed E-state index contributed by atoms with van der Waals surface area (Å²) in [7, 11) is 0. The van der Waals surface area contributed by atoms with Crippen molar-refractivity contribution in [3.05, 3.63) is 3.86 Å². The summed E-state index contributed by atoms with van der Waals surface area (Å²) in [5.41, 5.74) is 0. The predicted molar refractivity (Wildman–Crippen MR) is 155 cm³/mol. The highest BCUT2D eigenvalue weighted by molar-refractivity contribution is 14.2. The van der Waals surface area contributed by atoms with Crippen LogP contribution >= 0.6 is 226 Å². The fraction of sp³-hybridized carbons (Fsp3) is 0.600. The lowest BCUT2D eigenvalue weighted by molar-refractivity contribution is 0.917. The maximum Gasteiger partial charge on any atom is 0.125 e. The van der Waals surface area contributed by atoms with Crippen LogP contribution in [-0.2, 0) is 0 Å². The molecule has 0 heterocycles. The molecular weight excluding hydrogens is 1330 g/mol. The van der Waals surface area contributed by atoms with Crippen LogP contribution in [0, 0.1) is 3.86 Å². The van der Waals surface area contributed by atoms with Crippen LogP contribution in [-0.4, -0.2) is 4.29 Å². The maximum absolute atomic E-state index is 2.59. The molecule has 0 bridgehead atoms. The highest BCUT2D eigenvalue weighted by Crippen LogP contribution is 2.70. The summed E-state index contributed by atoms with van der Waals surface area (Å²) in [6.45, 7) is 0. The van der Waals surface area contributed by atoms with Crippen molar-refractivity contribution in [3.8, 4) is 0 Å². The van der Waals surface area contributed by atoms with Gasteiger partial charge in [-0.2, -0.15) is 0 Å². The van der Waals surface area contributed by atoms with Crippen molar-refractivity contribution < 1.29 is 0 Å². The zero-order valence-corrected chi connectivity index (χ0v) is 27.9. The normalized spacial score (nSPS) is 15.2. The van der Waals surface area contributed by atoms with Gasteiger partial charge in [0.25, 0.3) is 0 Å². The Morgan fingerprint density at radius 2 is 0.733 bits per heavy atom. The Morgan fingerprint density at radius 1 is 0.533 bits per heavy atom. The van der Waals surface area contributed by atoms with Crippen molar-refractivity contribution in [2.24, 2.45) is 0 Å². The molecule has 15 heavy (non-hydrogen) atoms. The van der Waals surface area contributed by atoms with Gasteiger partial charge >= 0.3 is 0 Å². The third-order valence-corrected chi connectivity index (χ3v) is 29.6. The van der Waals surface area contributed by atoms with Crippen LogP contribution < -0.4 is 0 Å². The molecular formula is C5I10. The Hall–Kier alpha value is 7.30. The van der Waals surface area contributed by atoms with Crippen molar-refractivity contribution in [1.29, 1.82) is 0 Å². The van der Waals surface area contributed by atoms with E-state index in [1.807, 2.05) is 0 Å². The van der Waals surface area contributed by atoms with E-state index in [0.717, 1.165) is 0 Å². The van der Waals surface area contributed by atoms with Gasteiger partial charge in [0.1, 0.15) is 8.15 Å². The Morgan fingerprint density at radius 3 is 0.867 bits per heavy atom. The van der Waals surface area contributed by atoms with E-state index >= 15 is 0 Å². The molecule has 90 valence electrons. The highest BCUT2D eigenvalue weighted by atomic mass is 127. The molecule has 0 N–H and O–H groups in total. The molecule has 0 aromatic carbocycles. The number of hydrogen-bond donors (Lipinski definition) is 0. The molecule has 10 heteroatoms. The molecule has 0 aromatic heterocycles. The molecule has 0 aliphatic heterocycles. The van der Waals surface area contributed by atoms with Crippen molar-refractivity contribution in [3.63, 3.8) is 0 Å². The molecule has 0 aliphatic rings. The van der Waals surface area contributed by atoms with Gasteiger partial charge in [-0.25, -0.2) is 0 Å². The summed E-state index contributed by atoms with van der Waals surface area (Å²) in [6.07, 6.45) is 0. The summed E-state index contributed by atoms with van der Waals surface area (Å²) < 4.78 is 3.15. The first-order valence-electron chi connectivity index (χ1n) is 2.89. The summed E-state index contributed by atoms with van der Waals surface area (Å²) in [5.74, 6) is 0. The van der Waals surface area contributed by atoms with E-state index in [-0.39, 0.29) is 4.29 Å². The quantitative estimate of drug-likeness (QED) is 0.196. The van der Waals surface area contributed by atoms with Gasteiger partial charge in [0, 0.05) is 0 Å². The third-order valence-electron chi connectivity index (χ3n) is 1.26. The second-order valence-corrected chi connectivity index (χ2v) is 26.6. The Bertz CT molecular complexity index is 196. The van der Waals surface area contributed by atoms with Crippen LogP contribution in [0.4, 0.5) is 0 Å². The number of halogens is 10. The molecule has 0 spiro atoms. The Kier molecular flexibility index (Phi) is 13.3. The molecule has 0 amide bonds. The van der Waals surface area contributed by atoms with Gasteiger partial charge in [0.05, 0.1) is 0 Å². The van der Waals surface area contributed by atoms with Gasteiger partial charge in [-0.15, -0.1) is 0 Å². The summed E-state index contributed by atoms with van der Waals surface area (Å²) in [6, 6.07) is 0. The average molecular weight is 1330 g/mol. The smallest absolute Gasteiger partial charge is 0.0623 e. The molecule has 0 nitrogen and oxygen atoms in total. The summed E-state index contributed by atoms with van der Waals surface area (Å²) in [5, 5.41) is 0. The molecule has 0 aliphatic carbocycles. The van der Waals surface area contributed by atoms with Crippen LogP contribution in [0.2, 0.25) is 0 Å². The lowest BCUT2D eigenvalue weighted by Gasteiger charge is -2.44. The second kappa shape index (κ2) is 8.96. The van der Waals surface area contributed by atoms with Crippen LogP contribution in [0.1, 0.15) is 0 Å². The van der Waals surface area contributed by atoms with Gasteiger partial charge in [-0.05, 0) is 0 Å². The number of alkyl halides is 6. The average Bonchev–Trinajstić information content (AvgIpc) is 2.02. The van der Waals surface area contributed by atoms with E-state index in [9.17, 15) is 0 Å². The van der Waals surface area contributed by atoms with E-state index in [0.29, 0.717) is 0 Å². The predicted octanol–water partition coefficient (Wildman–Crippen LogP) is 8.40. The molecule has 0 aromatic rings. The molecule has 0 saturated carbocycles. The van der Waals surface area contributed by atoms with Crippen LogP contribution in [0.25, 0.3) is 0 Å². The monoisotopic (exact) mass is 1330 g/mol. The standard InChI is InChI=1S/C5I10/c6-1(7)3(10,11)5(14,15)4(12,13)2(8)9. The highest BCUT2D eigenvalue weighted by Gasteiger charge is 2.61. The zero-order valence-electron chi connectivity index (χ0n) is 6.28. The lowest BCUT2D eigenvalue weighted by atomic mass is 10.3. The van der Waals surface area contributed by atoms with Crippen LogP contribution in [0.5, 0.6) is 0 Å². The van der Waals surface area contributed by atoms with Gasteiger partial charge in [-0.3, -0.25) is 0 Å².